The van der Waals surface area contributed by atoms with Crippen molar-refractivity contribution in [2.75, 3.05) is 13.2 Å². The molecule has 1 aliphatic rings. The second-order valence-corrected chi connectivity index (χ2v) is 9.36. The van der Waals surface area contributed by atoms with Crippen molar-refractivity contribution in [2.45, 2.75) is 53.1 Å². The Bertz CT molecular complexity index is 1500. The maximum absolute atomic E-state index is 13.9. The smallest absolute Gasteiger partial charge is 0.291 e. The van der Waals surface area contributed by atoms with Crippen LogP contribution in [0.15, 0.2) is 62.4 Å². The number of aryl methyl sites for hydroxylation is 2. The molecule has 0 radical (unpaired) electrons. The second kappa shape index (κ2) is 10.2. The number of carbonyl (C=O) groups is 1. The fourth-order valence-corrected chi connectivity index (χ4v) is 4.76. The molecule has 192 valence electrons. The first-order chi connectivity index (χ1) is 17.9. The number of carbonyl (C=O) groups excluding carboxylic acids is 1. The van der Waals surface area contributed by atoms with Crippen LogP contribution in [0.3, 0.4) is 0 Å². The molecule has 1 atom stereocenters. The Hall–Kier alpha value is -4.00. The van der Waals surface area contributed by atoms with Crippen LogP contribution in [0.1, 0.15) is 71.3 Å². The predicted molar refractivity (Wildman–Crippen MR) is 140 cm³/mol. The Morgan fingerprint density at radius 3 is 2.51 bits per heavy atom. The van der Waals surface area contributed by atoms with Crippen LogP contribution in [0.4, 0.5) is 0 Å². The standard InChI is InChI=1S/C30H31NO6/c1-5-7-12-36-23-11-10-20(16-25(23)34-6-2)27-26-28(32)22-14-18(3)19(4)15-24(22)37-29(26)30(33)31(27)17-21-9-8-13-35-21/h8-11,13-16,27H,5-7,12,17H2,1-4H3. The molecule has 5 rings (SSSR count). The fourth-order valence-electron chi connectivity index (χ4n) is 4.76. The van der Waals surface area contributed by atoms with Crippen molar-refractivity contribution in [1.82, 2.24) is 4.90 Å². The van der Waals surface area contributed by atoms with E-state index in [1.54, 1.807) is 17.2 Å². The maximum Gasteiger partial charge on any atom is 0.291 e. The molecule has 0 spiro atoms. The van der Waals surface area contributed by atoms with E-state index in [0.29, 0.717) is 47.0 Å². The number of nitrogens with zero attached hydrogens (tertiary/aromatic N) is 1. The SMILES string of the molecule is CCCCOc1ccc(C2c3c(oc4cc(C)c(C)cc4c3=O)C(=O)N2Cc2ccco2)cc1OCC. The molecule has 1 unspecified atom stereocenters. The average Bonchev–Trinajstić information content (AvgIpc) is 3.49. The molecule has 4 aromatic rings. The normalized spacial score (nSPS) is 14.9. The minimum absolute atomic E-state index is 0.0681. The fraction of sp³-hybridized carbons (Fsp3) is 0.333. The molecule has 0 saturated carbocycles. The van der Waals surface area contributed by atoms with Crippen LogP contribution in [-0.4, -0.2) is 24.0 Å². The first-order valence-corrected chi connectivity index (χ1v) is 12.7. The van der Waals surface area contributed by atoms with Gasteiger partial charge in [-0.2, -0.15) is 0 Å². The summed E-state index contributed by atoms with van der Waals surface area (Å²) < 4.78 is 23.5. The Labute approximate surface area is 215 Å². The van der Waals surface area contributed by atoms with Gasteiger partial charge >= 0.3 is 0 Å². The molecule has 1 aliphatic heterocycles. The molecular formula is C30H31NO6. The van der Waals surface area contributed by atoms with Crippen LogP contribution in [0.2, 0.25) is 0 Å². The first-order valence-electron chi connectivity index (χ1n) is 12.7. The van der Waals surface area contributed by atoms with E-state index in [1.165, 1.54) is 0 Å². The van der Waals surface area contributed by atoms with Crippen LogP contribution >= 0.6 is 0 Å². The van der Waals surface area contributed by atoms with Gasteiger partial charge in [0.1, 0.15) is 11.3 Å². The second-order valence-electron chi connectivity index (χ2n) is 9.36. The number of hydrogen-bond acceptors (Lipinski definition) is 6. The monoisotopic (exact) mass is 501 g/mol. The molecule has 3 heterocycles. The number of rotatable bonds is 9. The van der Waals surface area contributed by atoms with E-state index in [2.05, 4.69) is 6.92 Å². The van der Waals surface area contributed by atoms with Gasteiger partial charge in [-0.3, -0.25) is 9.59 Å². The third kappa shape index (κ3) is 4.50. The third-order valence-corrected chi connectivity index (χ3v) is 6.83. The molecule has 37 heavy (non-hydrogen) atoms. The van der Waals surface area contributed by atoms with Crippen LogP contribution < -0.4 is 14.9 Å². The third-order valence-electron chi connectivity index (χ3n) is 6.83. The lowest BCUT2D eigenvalue weighted by Crippen LogP contribution is -2.29. The number of amides is 1. The highest BCUT2D eigenvalue weighted by atomic mass is 16.5. The maximum atomic E-state index is 13.9. The van der Waals surface area contributed by atoms with Gasteiger partial charge in [-0.25, -0.2) is 0 Å². The lowest BCUT2D eigenvalue weighted by atomic mass is 9.97. The topological polar surface area (TPSA) is 82.1 Å². The van der Waals surface area contributed by atoms with Gasteiger partial charge in [0.25, 0.3) is 5.91 Å². The molecule has 0 bridgehead atoms. The number of ether oxygens (including phenoxy) is 2. The number of hydrogen-bond donors (Lipinski definition) is 0. The number of unbranched alkanes of at least 4 members (excludes halogenated alkanes) is 1. The molecule has 2 aromatic heterocycles. The van der Waals surface area contributed by atoms with Crippen molar-refractivity contribution in [2.24, 2.45) is 0 Å². The summed E-state index contributed by atoms with van der Waals surface area (Å²) in [4.78, 5) is 29.2. The molecule has 0 fully saturated rings. The first kappa shape index (κ1) is 24.7. The molecule has 0 saturated heterocycles. The molecule has 7 nitrogen and oxygen atoms in total. The number of fused-ring (bicyclic) bond motifs is 2. The van der Waals surface area contributed by atoms with E-state index in [1.807, 2.05) is 57.2 Å². The summed E-state index contributed by atoms with van der Waals surface area (Å²) in [5, 5.41) is 0.462. The molecule has 0 aliphatic carbocycles. The lowest BCUT2D eigenvalue weighted by Gasteiger charge is -2.25. The van der Waals surface area contributed by atoms with E-state index in [4.69, 9.17) is 18.3 Å². The minimum Gasteiger partial charge on any atom is -0.490 e. The van der Waals surface area contributed by atoms with Gasteiger partial charge in [-0.1, -0.05) is 19.4 Å². The van der Waals surface area contributed by atoms with Gasteiger partial charge in [-0.05, 0) is 80.3 Å². The van der Waals surface area contributed by atoms with E-state index < -0.39 is 6.04 Å². The zero-order valence-electron chi connectivity index (χ0n) is 21.6. The summed E-state index contributed by atoms with van der Waals surface area (Å²) in [5.74, 6) is 1.54. The van der Waals surface area contributed by atoms with Gasteiger partial charge in [0.05, 0.1) is 43.0 Å². The van der Waals surface area contributed by atoms with Crippen molar-refractivity contribution < 1.29 is 23.1 Å². The van der Waals surface area contributed by atoms with Crippen molar-refractivity contribution in [3.63, 3.8) is 0 Å². The summed E-state index contributed by atoms with van der Waals surface area (Å²) in [7, 11) is 0. The number of benzene rings is 2. The van der Waals surface area contributed by atoms with E-state index in [0.717, 1.165) is 29.5 Å². The minimum atomic E-state index is -0.668. The summed E-state index contributed by atoms with van der Waals surface area (Å²) in [6, 6.07) is 12.2. The number of furan rings is 1. The Kier molecular flexibility index (Phi) is 6.78. The van der Waals surface area contributed by atoms with Gasteiger partial charge in [0, 0.05) is 0 Å². The van der Waals surface area contributed by atoms with Crippen molar-refractivity contribution in [3.05, 3.63) is 92.7 Å². The van der Waals surface area contributed by atoms with Crippen LogP contribution in [-0.2, 0) is 6.54 Å². The highest BCUT2D eigenvalue weighted by Crippen LogP contribution is 2.42. The summed E-state index contributed by atoms with van der Waals surface area (Å²) in [5.41, 5.74) is 3.24. The van der Waals surface area contributed by atoms with Gasteiger partial charge in [0.15, 0.2) is 16.9 Å². The van der Waals surface area contributed by atoms with Gasteiger partial charge < -0.3 is 23.2 Å². The van der Waals surface area contributed by atoms with Gasteiger partial charge in [0.2, 0.25) is 5.76 Å². The molecule has 2 aromatic carbocycles. The average molecular weight is 502 g/mol. The summed E-state index contributed by atoms with van der Waals surface area (Å²) in [6.45, 7) is 9.15. The van der Waals surface area contributed by atoms with Crippen molar-refractivity contribution in [1.29, 1.82) is 0 Å². The summed E-state index contributed by atoms with van der Waals surface area (Å²) >= 11 is 0. The zero-order chi connectivity index (χ0) is 26.1. The molecule has 1 amide bonds. The quantitative estimate of drug-likeness (QED) is 0.249. The van der Waals surface area contributed by atoms with Gasteiger partial charge in [-0.15, -0.1) is 0 Å². The largest absolute Gasteiger partial charge is 0.490 e. The van der Waals surface area contributed by atoms with E-state index >= 15 is 0 Å². The summed E-state index contributed by atoms with van der Waals surface area (Å²) in [6.07, 6.45) is 3.52. The molecular weight excluding hydrogens is 470 g/mol. The van der Waals surface area contributed by atoms with Crippen LogP contribution in [0.5, 0.6) is 11.5 Å². The zero-order valence-corrected chi connectivity index (χ0v) is 21.6. The van der Waals surface area contributed by atoms with Crippen LogP contribution in [0.25, 0.3) is 11.0 Å². The van der Waals surface area contributed by atoms with Crippen LogP contribution in [0, 0.1) is 13.8 Å². The molecule has 7 heteroatoms. The van der Waals surface area contributed by atoms with E-state index in [-0.39, 0.29) is 23.6 Å². The van der Waals surface area contributed by atoms with E-state index in [9.17, 15) is 9.59 Å². The highest BCUT2D eigenvalue weighted by molar-refractivity contribution is 5.99. The predicted octanol–water partition coefficient (Wildman–Crippen LogP) is 6.33. The molecule has 0 N–H and O–H groups in total. The lowest BCUT2D eigenvalue weighted by molar-refractivity contribution is 0.0701. The van der Waals surface area contributed by atoms with Crippen molar-refractivity contribution in [3.8, 4) is 11.5 Å². The highest BCUT2D eigenvalue weighted by Gasteiger charge is 2.43. The van der Waals surface area contributed by atoms with Crippen molar-refractivity contribution >= 4 is 16.9 Å². The Morgan fingerprint density at radius 1 is 0.973 bits per heavy atom. The Balaban J connectivity index is 1.67. The Morgan fingerprint density at radius 2 is 1.78 bits per heavy atom.